The van der Waals surface area contributed by atoms with Gasteiger partial charge in [-0.3, -0.25) is 0 Å². The van der Waals surface area contributed by atoms with Crippen molar-refractivity contribution in [1.29, 1.82) is 0 Å². The third-order valence-electron chi connectivity index (χ3n) is 2.69. The summed E-state index contributed by atoms with van der Waals surface area (Å²) < 4.78 is 0. The molecule has 1 nitrogen and oxygen atoms in total. The lowest BCUT2D eigenvalue weighted by Crippen LogP contribution is -2.23. The number of rotatable bonds is 4. The molecule has 0 saturated carbocycles. The van der Waals surface area contributed by atoms with E-state index in [0.29, 0.717) is 11.5 Å². The van der Waals surface area contributed by atoms with E-state index in [0.717, 1.165) is 12.3 Å². The number of nitrogens with two attached hydrogens (primary N) is 1. The average Bonchev–Trinajstić information content (AvgIpc) is 1.85. The summed E-state index contributed by atoms with van der Waals surface area (Å²) in [6, 6.07) is 0.362. The van der Waals surface area contributed by atoms with Crippen molar-refractivity contribution >= 4 is 0 Å². The van der Waals surface area contributed by atoms with Crippen LogP contribution in [0.15, 0.2) is 0 Å². The van der Waals surface area contributed by atoms with Gasteiger partial charge in [0.2, 0.25) is 0 Å². The third kappa shape index (κ3) is 4.76. The zero-order valence-corrected chi connectivity index (χ0v) is 9.35. The highest BCUT2D eigenvalue weighted by molar-refractivity contribution is 4.73. The van der Waals surface area contributed by atoms with Gasteiger partial charge in [0.1, 0.15) is 0 Å². The maximum Gasteiger partial charge on any atom is 0.00105 e. The molecule has 0 aromatic carbocycles. The van der Waals surface area contributed by atoms with E-state index in [1.165, 1.54) is 12.8 Å². The minimum atomic E-state index is 0.362. The Morgan fingerprint density at radius 1 is 1.17 bits per heavy atom. The molecule has 0 aliphatic carbocycles. The molecule has 0 aliphatic rings. The van der Waals surface area contributed by atoms with E-state index in [2.05, 4.69) is 34.6 Å². The Hall–Kier alpha value is -0.0400. The summed E-state index contributed by atoms with van der Waals surface area (Å²) in [5.41, 5.74) is 6.19. The smallest absolute Gasteiger partial charge is 0.00105 e. The highest BCUT2D eigenvalue weighted by Crippen LogP contribution is 2.32. The second-order valence-electron chi connectivity index (χ2n) is 5.03. The molecule has 1 heteroatoms. The summed E-state index contributed by atoms with van der Waals surface area (Å²) in [7, 11) is 0. The summed E-state index contributed by atoms with van der Waals surface area (Å²) in [5.74, 6) is 0.823. The first-order valence-electron chi connectivity index (χ1n) is 5.13. The van der Waals surface area contributed by atoms with Crippen LogP contribution in [0.5, 0.6) is 0 Å². The maximum absolute atomic E-state index is 5.74. The van der Waals surface area contributed by atoms with Gasteiger partial charge in [0.05, 0.1) is 0 Å². The van der Waals surface area contributed by atoms with Crippen LogP contribution >= 0.6 is 0 Å². The summed E-state index contributed by atoms with van der Waals surface area (Å²) in [6.45, 7) is 11.3. The van der Waals surface area contributed by atoms with E-state index in [9.17, 15) is 0 Å². The van der Waals surface area contributed by atoms with Gasteiger partial charge in [-0.1, -0.05) is 34.1 Å². The van der Waals surface area contributed by atoms with Crippen molar-refractivity contribution in [2.24, 2.45) is 17.1 Å². The number of hydrogen-bond acceptors (Lipinski definition) is 1. The Morgan fingerprint density at radius 3 is 1.92 bits per heavy atom. The molecule has 2 N–H and O–H groups in total. The van der Waals surface area contributed by atoms with Gasteiger partial charge in [0, 0.05) is 6.04 Å². The Morgan fingerprint density at radius 2 is 1.67 bits per heavy atom. The van der Waals surface area contributed by atoms with Crippen molar-refractivity contribution in [3.8, 4) is 0 Å². The largest absolute Gasteiger partial charge is 0.328 e. The van der Waals surface area contributed by atoms with Crippen molar-refractivity contribution in [2.75, 3.05) is 0 Å². The fourth-order valence-corrected chi connectivity index (χ4v) is 1.71. The van der Waals surface area contributed by atoms with Crippen LogP contribution in [0.3, 0.4) is 0 Å². The van der Waals surface area contributed by atoms with E-state index >= 15 is 0 Å². The van der Waals surface area contributed by atoms with Crippen LogP contribution in [0, 0.1) is 11.3 Å². The molecule has 0 amide bonds. The molecule has 0 bridgehead atoms. The van der Waals surface area contributed by atoms with Gasteiger partial charge < -0.3 is 5.73 Å². The summed E-state index contributed by atoms with van der Waals surface area (Å²) >= 11 is 0. The van der Waals surface area contributed by atoms with Crippen molar-refractivity contribution in [3.05, 3.63) is 0 Å². The second kappa shape index (κ2) is 4.86. The van der Waals surface area contributed by atoms with E-state index in [-0.39, 0.29) is 0 Å². The lowest BCUT2D eigenvalue weighted by molar-refractivity contribution is 0.212. The van der Waals surface area contributed by atoms with Gasteiger partial charge in [-0.25, -0.2) is 0 Å². The standard InChI is InChI=1S/C11H25N/c1-6-10(11(3,4)5)8-7-9(2)12/h9-10H,6-8,12H2,1-5H3. The summed E-state index contributed by atoms with van der Waals surface area (Å²) in [4.78, 5) is 0. The average molecular weight is 171 g/mol. The lowest BCUT2D eigenvalue weighted by atomic mass is 9.76. The van der Waals surface area contributed by atoms with Crippen LogP contribution < -0.4 is 5.73 Å². The minimum Gasteiger partial charge on any atom is -0.328 e. The molecule has 0 heterocycles. The molecule has 0 saturated heterocycles. The van der Waals surface area contributed by atoms with Gasteiger partial charge in [-0.15, -0.1) is 0 Å². The second-order valence-corrected chi connectivity index (χ2v) is 5.03. The predicted octanol–water partition coefficient (Wildman–Crippen LogP) is 3.19. The molecular formula is C11H25N. The monoisotopic (exact) mass is 171 g/mol. The van der Waals surface area contributed by atoms with Gasteiger partial charge in [0.15, 0.2) is 0 Å². The van der Waals surface area contributed by atoms with Crippen molar-refractivity contribution in [1.82, 2.24) is 0 Å². The molecule has 0 aliphatic heterocycles. The maximum atomic E-state index is 5.74. The normalized spacial score (nSPS) is 17.5. The molecular weight excluding hydrogens is 146 g/mol. The molecule has 2 unspecified atom stereocenters. The SMILES string of the molecule is CCC(CCC(C)N)C(C)(C)C. The molecule has 0 aromatic rings. The molecule has 74 valence electrons. The fourth-order valence-electron chi connectivity index (χ4n) is 1.71. The van der Waals surface area contributed by atoms with E-state index in [1.54, 1.807) is 0 Å². The van der Waals surface area contributed by atoms with Crippen LogP contribution in [-0.4, -0.2) is 6.04 Å². The van der Waals surface area contributed by atoms with Crippen LogP contribution in [0.1, 0.15) is 53.9 Å². The lowest BCUT2D eigenvalue weighted by Gasteiger charge is -2.30. The first-order valence-corrected chi connectivity index (χ1v) is 5.13. The quantitative estimate of drug-likeness (QED) is 0.690. The first-order chi connectivity index (χ1) is 5.38. The molecule has 0 spiro atoms. The van der Waals surface area contributed by atoms with Gasteiger partial charge >= 0.3 is 0 Å². The molecule has 12 heavy (non-hydrogen) atoms. The van der Waals surface area contributed by atoms with Gasteiger partial charge in [-0.2, -0.15) is 0 Å². The van der Waals surface area contributed by atoms with Crippen LogP contribution in [0.2, 0.25) is 0 Å². The molecule has 0 radical (unpaired) electrons. The minimum absolute atomic E-state index is 0.362. The Bertz CT molecular complexity index is 111. The van der Waals surface area contributed by atoms with Gasteiger partial charge in [0.25, 0.3) is 0 Å². The van der Waals surface area contributed by atoms with E-state index < -0.39 is 0 Å². The van der Waals surface area contributed by atoms with Crippen molar-refractivity contribution in [3.63, 3.8) is 0 Å². The van der Waals surface area contributed by atoms with E-state index in [1.807, 2.05) is 0 Å². The molecule has 0 rings (SSSR count). The van der Waals surface area contributed by atoms with Crippen LogP contribution in [0.4, 0.5) is 0 Å². The van der Waals surface area contributed by atoms with Gasteiger partial charge in [-0.05, 0) is 31.1 Å². The van der Waals surface area contributed by atoms with Crippen LogP contribution in [0.25, 0.3) is 0 Å². The van der Waals surface area contributed by atoms with Crippen molar-refractivity contribution in [2.45, 2.75) is 59.9 Å². The summed E-state index contributed by atoms with van der Waals surface area (Å²) in [6.07, 6.45) is 3.71. The first kappa shape index (κ1) is 12.0. The number of hydrogen-bond donors (Lipinski definition) is 1. The zero-order chi connectivity index (χ0) is 9.78. The van der Waals surface area contributed by atoms with Crippen molar-refractivity contribution < 1.29 is 0 Å². The molecule has 0 fully saturated rings. The fraction of sp³-hybridized carbons (Fsp3) is 1.00. The topological polar surface area (TPSA) is 26.0 Å². The zero-order valence-electron chi connectivity index (χ0n) is 9.35. The Balaban J connectivity index is 3.84. The molecule has 0 aromatic heterocycles. The highest BCUT2D eigenvalue weighted by atomic mass is 14.6. The highest BCUT2D eigenvalue weighted by Gasteiger charge is 2.22. The van der Waals surface area contributed by atoms with E-state index in [4.69, 9.17) is 5.73 Å². The summed E-state index contributed by atoms with van der Waals surface area (Å²) in [5, 5.41) is 0. The van der Waals surface area contributed by atoms with Crippen LogP contribution in [-0.2, 0) is 0 Å². The predicted molar refractivity (Wildman–Crippen MR) is 56.1 cm³/mol. The Kier molecular flexibility index (Phi) is 4.84. The Labute approximate surface area is 77.7 Å². The molecule has 2 atom stereocenters. The third-order valence-corrected chi connectivity index (χ3v) is 2.69.